The number of carbonyl (C=O) groups is 2. The Morgan fingerprint density at radius 1 is 1.03 bits per heavy atom. The van der Waals surface area contributed by atoms with E-state index in [9.17, 15) is 9.59 Å². The highest BCUT2D eigenvalue weighted by atomic mass is 16.5. The molecule has 0 aromatic heterocycles. The fraction of sp³-hybridized carbons (Fsp3) is 0.375. The topological polar surface area (TPSA) is 108 Å². The molecule has 0 aliphatic heterocycles. The molecule has 7 heteroatoms. The largest absolute Gasteiger partial charge is 0.491 e. The summed E-state index contributed by atoms with van der Waals surface area (Å²) in [4.78, 5) is 28.1. The minimum atomic E-state index is -0.0592. The number of hydrogen-bond acceptors (Lipinski definition) is 6. The van der Waals surface area contributed by atoms with E-state index in [0.29, 0.717) is 24.3 Å². The zero-order valence-corrected chi connectivity index (χ0v) is 17.6. The van der Waals surface area contributed by atoms with Gasteiger partial charge in [-0.05, 0) is 42.5 Å². The van der Waals surface area contributed by atoms with Crippen LogP contribution in [0.1, 0.15) is 40.7 Å². The van der Waals surface area contributed by atoms with Crippen molar-refractivity contribution in [3.05, 3.63) is 65.2 Å². The molecule has 0 aliphatic rings. The molecular formula is C24H30N2O5. The van der Waals surface area contributed by atoms with Crippen molar-refractivity contribution >= 4 is 17.9 Å². The molecule has 0 fully saturated rings. The fourth-order valence-electron chi connectivity index (χ4n) is 2.93. The summed E-state index contributed by atoms with van der Waals surface area (Å²) in [7, 11) is 0. The summed E-state index contributed by atoms with van der Waals surface area (Å²) in [6.45, 7) is 0.493. The number of benzene rings is 2. The van der Waals surface area contributed by atoms with Crippen LogP contribution in [0, 0.1) is 0 Å². The second kappa shape index (κ2) is 14.1. The fourth-order valence-corrected chi connectivity index (χ4v) is 2.93. The van der Waals surface area contributed by atoms with Crippen LogP contribution in [0.25, 0.3) is 0 Å². The molecule has 31 heavy (non-hydrogen) atoms. The highest BCUT2D eigenvalue weighted by molar-refractivity contribution is 5.98. The van der Waals surface area contributed by atoms with Crippen molar-refractivity contribution < 1.29 is 24.5 Å². The average Bonchev–Trinajstić information content (AvgIpc) is 2.79. The number of unbranched alkanes of at least 4 members (excludes halogenated alkanes) is 1. The van der Waals surface area contributed by atoms with Crippen molar-refractivity contribution in [3.63, 3.8) is 0 Å². The van der Waals surface area contributed by atoms with Gasteiger partial charge in [0.15, 0.2) is 5.78 Å². The van der Waals surface area contributed by atoms with Gasteiger partial charge in [-0.2, -0.15) is 0 Å². The van der Waals surface area contributed by atoms with Crippen LogP contribution in [-0.4, -0.2) is 61.0 Å². The van der Waals surface area contributed by atoms with Gasteiger partial charge in [-0.1, -0.05) is 36.4 Å². The van der Waals surface area contributed by atoms with E-state index >= 15 is 0 Å². The van der Waals surface area contributed by atoms with Crippen molar-refractivity contribution in [2.24, 2.45) is 4.99 Å². The first-order valence-electron chi connectivity index (χ1n) is 10.5. The van der Waals surface area contributed by atoms with Crippen molar-refractivity contribution in [1.29, 1.82) is 0 Å². The number of aliphatic imine (C=N–C) groups is 1. The number of carbonyl (C=O) groups excluding carboxylic acids is 2. The molecule has 7 nitrogen and oxygen atoms in total. The standard InChI is InChI=1S/C24H30N2O5/c27-13-12-26-24(30)7-2-1-4-19-8-10-21(11-9-19)23(29)18-25-17-20-5-3-6-22(16-20)31-15-14-28/h3,5-6,8-11,16-17,27-28H,1-2,4,7,12-15,18H2,(H,26,30). The van der Waals surface area contributed by atoms with Crippen LogP contribution in [0.15, 0.2) is 53.5 Å². The second-order valence-electron chi connectivity index (χ2n) is 7.02. The van der Waals surface area contributed by atoms with Crippen molar-refractivity contribution in [1.82, 2.24) is 5.32 Å². The number of ketones is 1. The molecule has 0 aliphatic carbocycles. The van der Waals surface area contributed by atoms with Gasteiger partial charge >= 0.3 is 0 Å². The lowest BCUT2D eigenvalue weighted by atomic mass is 10.0. The van der Waals surface area contributed by atoms with E-state index in [-0.39, 0.29) is 38.1 Å². The Kier molecular flexibility index (Phi) is 11.0. The molecule has 166 valence electrons. The minimum Gasteiger partial charge on any atom is -0.491 e. The minimum absolute atomic E-state index is 0.0417. The molecule has 3 N–H and O–H groups in total. The molecule has 0 spiro atoms. The number of Topliss-reactive ketones (excluding diaryl/α,β-unsaturated/α-hetero) is 1. The van der Waals surface area contributed by atoms with Gasteiger partial charge in [0, 0.05) is 24.7 Å². The smallest absolute Gasteiger partial charge is 0.220 e. The number of aryl methyl sites for hydroxylation is 1. The van der Waals surface area contributed by atoms with Gasteiger partial charge in [0.05, 0.1) is 13.2 Å². The number of aliphatic hydroxyl groups is 2. The Morgan fingerprint density at radius 2 is 1.84 bits per heavy atom. The summed E-state index contributed by atoms with van der Waals surface area (Å²) in [5.74, 6) is 0.543. The second-order valence-corrected chi connectivity index (χ2v) is 7.02. The van der Waals surface area contributed by atoms with Crippen molar-refractivity contribution in [2.45, 2.75) is 25.7 Å². The van der Waals surface area contributed by atoms with Gasteiger partial charge in [0.2, 0.25) is 5.91 Å². The first-order valence-corrected chi connectivity index (χ1v) is 10.5. The first-order chi connectivity index (χ1) is 15.1. The molecule has 0 saturated heterocycles. The SMILES string of the molecule is O=C(CCCCc1ccc(C(=O)CN=Cc2cccc(OCCO)c2)cc1)NCCO. The summed E-state index contributed by atoms with van der Waals surface area (Å²) in [5, 5.41) is 20.1. The maximum absolute atomic E-state index is 12.3. The predicted octanol–water partition coefficient (Wildman–Crippen LogP) is 2.18. The van der Waals surface area contributed by atoms with Crippen LogP contribution in [0.3, 0.4) is 0 Å². The maximum atomic E-state index is 12.3. The van der Waals surface area contributed by atoms with Gasteiger partial charge in [0.1, 0.15) is 18.9 Å². The summed E-state index contributed by atoms with van der Waals surface area (Å²) in [6, 6.07) is 14.8. The Morgan fingerprint density at radius 3 is 2.58 bits per heavy atom. The number of rotatable bonds is 14. The summed E-state index contributed by atoms with van der Waals surface area (Å²) in [6.07, 6.45) is 4.58. The summed E-state index contributed by atoms with van der Waals surface area (Å²) >= 11 is 0. The number of hydrogen-bond donors (Lipinski definition) is 3. The molecule has 0 unspecified atom stereocenters. The number of nitrogens with one attached hydrogen (secondary N) is 1. The number of ether oxygens (including phenoxy) is 1. The monoisotopic (exact) mass is 426 g/mol. The Balaban J connectivity index is 1.75. The van der Waals surface area contributed by atoms with Crippen LogP contribution in [0.2, 0.25) is 0 Å². The average molecular weight is 427 g/mol. The Labute approximate surface area is 182 Å². The summed E-state index contributed by atoms with van der Waals surface area (Å²) < 4.78 is 5.36. The predicted molar refractivity (Wildman–Crippen MR) is 120 cm³/mol. The highest BCUT2D eigenvalue weighted by Crippen LogP contribution is 2.12. The van der Waals surface area contributed by atoms with Gasteiger partial charge in [-0.15, -0.1) is 0 Å². The van der Waals surface area contributed by atoms with Crippen molar-refractivity contribution in [2.75, 3.05) is 32.9 Å². The normalized spacial score (nSPS) is 10.9. The van der Waals surface area contributed by atoms with Crippen molar-refractivity contribution in [3.8, 4) is 5.75 Å². The van der Waals surface area contributed by atoms with E-state index in [1.54, 1.807) is 18.3 Å². The number of aliphatic hydroxyl groups excluding tert-OH is 2. The molecule has 1 amide bonds. The maximum Gasteiger partial charge on any atom is 0.220 e. The molecule has 2 rings (SSSR count). The van der Waals surface area contributed by atoms with Crippen LogP contribution in [-0.2, 0) is 11.2 Å². The molecule has 0 radical (unpaired) electrons. The van der Waals surface area contributed by atoms with E-state index in [1.165, 1.54) is 0 Å². The molecule has 2 aromatic carbocycles. The molecule has 0 bridgehead atoms. The molecular weight excluding hydrogens is 396 g/mol. The lowest BCUT2D eigenvalue weighted by molar-refractivity contribution is -0.121. The van der Waals surface area contributed by atoms with Crippen LogP contribution < -0.4 is 10.1 Å². The molecule has 0 atom stereocenters. The zero-order valence-electron chi connectivity index (χ0n) is 17.6. The molecule has 2 aromatic rings. The zero-order chi connectivity index (χ0) is 22.3. The van der Waals surface area contributed by atoms with Crippen LogP contribution >= 0.6 is 0 Å². The van der Waals surface area contributed by atoms with E-state index in [1.807, 2.05) is 36.4 Å². The van der Waals surface area contributed by atoms with E-state index in [2.05, 4.69) is 10.3 Å². The van der Waals surface area contributed by atoms with E-state index < -0.39 is 0 Å². The third kappa shape index (κ3) is 9.55. The van der Waals surface area contributed by atoms with E-state index in [0.717, 1.165) is 30.4 Å². The Hall–Kier alpha value is -3.03. The van der Waals surface area contributed by atoms with Crippen LogP contribution in [0.5, 0.6) is 5.75 Å². The molecule has 0 saturated carbocycles. The number of nitrogens with zero attached hydrogens (tertiary/aromatic N) is 1. The summed E-state index contributed by atoms with van der Waals surface area (Å²) in [5.41, 5.74) is 2.56. The van der Waals surface area contributed by atoms with E-state index in [4.69, 9.17) is 14.9 Å². The van der Waals surface area contributed by atoms with Crippen LogP contribution in [0.4, 0.5) is 0 Å². The highest BCUT2D eigenvalue weighted by Gasteiger charge is 2.05. The lowest BCUT2D eigenvalue weighted by Crippen LogP contribution is -2.25. The number of amides is 1. The quantitative estimate of drug-likeness (QED) is 0.244. The third-order valence-electron chi connectivity index (χ3n) is 4.52. The third-order valence-corrected chi connectivity index (χ3v) is 4.52. The van der Waals surface area contributed by atoms with Gasteiger partial charge in [-0.25, -0.2) is 0 Å². The Bertz CT molecular complexity index is 849. The van der Waals surface area contributed by atoms with Gasteiger partial charge in [-0.3, -0.25) is 14.6 Å². The molecule has 0 heterocycles. The lowest BCUT2D eigenvalue weighted by Gasteiger charge is -2.05. The van der Waals surface area contributed by atoms with Gasteiger partial charge in [0.25, 0.3) is 0 Å². The first kappa shape index (κ1) is 24.2. The van der Waals surface area contributed by atoms with Gasteiger partial charge < -0.3 is 20.3 Å².